The van der Waals surface area contributed by atoms with Gasteiger partial charge in [-0.05, 0) is 80.6 Å². The van der Waals surface area contributed by atoms with Gasteiger partial charge < -0.3 is 19.8 Å². The Morgan fingerprint density at radius 2 is 2.09 bits per heavy atom. The van der Waals surface area contributed by atoms with Crippen LogP contribution in [0.1, 0.15) is 49.1 Å². The Morgan fingerprint density at radius 1 is 1.24 bits per heavy atom. The first-order valence-electron chi connectivity index (χ1n) is 11.7. The van der Waals surface area contributed by atoms with Crippen molar-refractivity contribution in [3.8, 4) is 11.1 Å². The Balaban J connectivity index is 1.59. The molecule has 1 unspecified atom stereocenters. The van der Waals surface area contributed by atoms with Crippen molar-refractivity contribution in [2.24, 2.45) is 0 Å². The molecule has 1 amide bonds. The molecule has 2 aromatic heterocycles. The molecule has 5 rings (SSSR count). The maximum Gasteiger partial charge on any atom is 0.410 e. The van der Waals surface area contributed by atoms with Crippen molar-refractivity contribution in [1.29, 1.82) is 0 Å². The second-order valence-corrected chi connectivity index (χ2v) is 9.99. The van der Waals surface area contributed by atoms with Crippen molar-refractivity contribution in [1.82, 2.24) is 20.2 Å². The number of nitrogens with one attached hydrogen (secondary N) is 2. The van der Waals surface area contributed by atoms with E-state index in [1.807, 2.05) is 38.1 Å². The average Bonchev–Trinajstić information content (AvgIpc) is 3.17. The summed E-state index contributed by atoms with van der Waals surface area (Å²) in [6, 6.07) is 6.51. The van der Waals surface area contributed by atoms with Crippen molar-refractivity contribution < 1.29 is 14.3 Å². The predicted molar refractivity (Wildman–Crippen MR) is 128 cm³/mol. The first-order chi connectivity index (χ1) is 15.8. The molecule has 1 aromatic carbocycles. The Bertz CT molecular complexity index is 1190. The molecule has 174 valence electrons. The van der Waals surface area contributed by atoms with Crippen LogP contribution in [-0.2, 0) is 22.4 Å². The van der Waals surface area contributed by atoms with Crippen LogP contribution in [0.3, 0.4) is 0 Å². The van der Waals surface area contributed by atoms with Crippen LogP contribution in [0.5, 0.6) is 0 Å². The van der Waals surface area contributed by atoms with E-state index in [1.54, 1.807) is 0 Å². The van der Waals surface area contributed by atoms with Gasteiger partial charge in [0.05, 0.1) is 19.3 Å². The summed E-state index contributed by atoms with van der Waals surface area (Å²) in [7, 11) is 0. The second kappa shape index (κ2) is 8.47. The van der Waals surface area contributed by atoms with Crippen molar-refractivity contribution in [3.63, 3.8) is 0 Å². The molecular weight excluding hydrogens is 416 g/mol. The summed E-state index contributed by atoms with van der Waals surface area (Å²) in [5.74, 6) is 0. The molecule has 0 spiro atoms. The van der Waals surface area contributed by atoms with Gasteiger partial charge in [0.25, 0.3) is 0 Å². The van der Waals surface area contributed by atoms with Gasteiger partial charge in [-0.1, -0.05) is 6.07 Å². The summed E-state index contributed by atoms with van der Waals surface area (Å²) in [5.41, 5.74) is 7.45. The van der Waals surface area contributed by atoms with E-state index in [2.05, 4.69) is 40.4 Å². The summed E-state index contributed by atoms with van der Waals surface area (Å²) in [6.07, 6.45) is 4.58. The number of pyridine rings is 1. The lowest BCUT2D eigenvalue weighted by Gasteiger charge is -2.38. The molecule has 4 heterocycles. The SMILES string of the molecule is Cc1c[nH]c2ncc(-c3cc4c(c(C5COCCN5C(=O)OC(C)(C)C)c3)CNCC4)cc12. The number of rotatable bonds is 2. The van der Waals surface area contributed by atoms with Crippen LogP contribution in [0.4, 0.5) is 4.79 Å². The Morgan fingerprint density at radius 3 is 2.91 bits per heavy atom. The van der Waals surface area contributed by atoms with E-state index in [0.29, 0.717) is 19.8 Å². The molecule has 33 heavy (non-hydrogen) atoms. The number of carbonyl (C=O) groups excluding carboxylic acids is 1. The molecule has 7 nitrogen and oxygen atoms in total. The zero-order valence-electron chi connectivity index (χ0n) is 19.8. The summed E-state index contributed by atoms with van der Waals surface area (Å²) >= 11 is 0. The fourth-order valence-corrected chi connectivity index (χ4v) is 4.79. The van der Waals surface area contributed by atoms with Crippen LogP contribution in [0.25, 0.3) is 22.2 Å². The lowest BCUT2D eigenvalue weighted by Crippen LogP contribution is -2.46. The normalized spacial score (nSPS) is 18.9. The number of morpholine rings is 1. The number of aryl methyl sites for hydroxylation is 1. The fourth-order valence-electron chi connectivity index (χ4n) is 4.79. The van der Waals surface area contributed by atoms with Gasteiger partial charge >= 0.3 is 6.09 Å². The lowest BCUT2D eigenvalue weighted by molar-refractivity contribution is -0.0333. The lowest BCUT2D eigenvalue weighted by atomic mass is 9.87. The molecule has 1 atom stereocenters. The molecule has 0 radical (unpaired) electrons. The van der Waals surface area contributed by atoms with Crippen LogP contribution in [-0.4, -0.2) is 52.9 Å². The minimum Gasteiger partial charge on any atom is -0.444 e. The molecule has 1 saturated heterocycles. The van der Waals surface area contributed by atoms with Crippen molar-refractivity contribution in [2.45, 2.75) is 52.3 Å². The number of hydrogen-bond donors (Lipinski definition) is 2. The Hall–Kier alpha value is -2.90. The topological polar surface area (TPSA) is 79.5 Å². The predicted octanol–water partition coefficient (Wildman–Crippen LogP) is 4.49. The number of ether oxygens (including phenoxy) is 2. The van der Waals surface area contributed by atoms with Crippen LogP contribution in [0.15, 0.2) is 30.6 Å². The largest absolute Gasteiger partial charge is 0.444 e. The number of amides is 1. The third-order valence-corrected chi connectivity index (χ3v) is 6.44. The van der Waals surface area contributed by atoms with Gasteiger partial charge in [-0.2, -0.15) is 0 Å². The van der Waals surface area contributed by atoms with Gasteiger partial charge in [-0.25, -0.2) is 9.78 Å². The zero-order valence-corrected chi connectivity index (χ0v) is 19.8. The first-order valence-corrected chi connectivity index (χ1v) is 11.7. The minimum absolute atomic E-state index is 0.187. The summed E-state index contributed by atoms with van der Waals surface area (Å²) in [5, 5.41) is 4.63. The molecular formula is C26H32N4O3. The third-order valence-electron chi connectivity index (χ3n) is 6.44. The second-order valence-electron chi connectivity index (χ2n) is 9.99. The van der Waals surface area contributed by atoms with E-state index in [1.165, 1.54) is 16.7 Å². The van der Waals surface area contributed by atoms with Crippen molar-refractivity contribution >= 4 is 17.1 Å². The zero-order chi connectivity index (χ0) is 23.2. The summed E-state index contributed by atoms with van der Waals surface area (Å²) in [4.78, 5) is 22.8. The number of carbonyl (C=O) groups is 1. The third kappa shape index (κ3) is 4.35. The van der Waals surface area contributed by atoms with Crippen molar-refractivity contribution in [2.75, 3.05) is 26.3 Å². The Kier molecular flexibility index (Phi) is 5.62. The minimum atomic E-state index is -0.543. The van der Waals surface area contributed by atoms with Gasteiger partial charge in [0.2, 0.25) is 0 Å². The summed E-state index contributed by atoms with van der Waals surface area (Å²) in [6.45, 7) is 11.0. The van der Waals surface area contributed by atoms with Crippen LogP contribution in [0, 0.1) is 6.92 Å². The van der Waals surface area contributed by atoms with E-state index in [-0.39, 0.29) is 12.1 Å². The number of hydrogen-bond acceptors (Lipinski definition) is 5. The number of benzene rings is 1. The maximum atomic E-state index is 13.1. The van der Waals surface area contributed by atoms with Gasteiger partial charge in [-0.3, -0.25) is 4.90 Å². The van der Waals surface area contributed by atoms with E-state index in [9.17, 15) is 4.79 Å². The number of fused-ring (bicyclic) bond motifs is 2. The highest BCUT2D eigenvalue weighted by Crippen LogP contribution is 2.36. The molecule has 0 bridgehead atoms. The Labute approximate surface area is 194 Å². The van der Waals surface area contributed by atoms with Crippen molar-refractivity contribution in [3.05, 3.63) is 52.8 Å². The van der Waals surface area contributed by atoms with Gasteiger partial charge in [0.15, 0.2) is 0 Å². The molecule has 0 saturated carbocycles. The standard InChI is InChI=1S/C26H32N4O3/c1-16-12-28-24-20(16)11-19(13-29-24)18-9-17-5-6-27-14-22(17)21(10-18)23-15-32-8-7-30(23)25(31)33-26(2,3)4/h9-13,23,27H,5-8,14-15H2,1-4H3,(H,28,29). The summed E-state index contributed by atoms with van der Waals surface area (Å²) < 4.78 is 11.6. The first kappa shape index (κ1) is 21.9. The monoisotopic (exact) mass is 448 g/mol. The number of aromatic amines is 1. The number of nitrogens with zero attached hydrogens (tertiary/aromatic N) is 2. The molecule has 1 fully saturated rings. The highest BCUT2D eigenvalue weighted by atomic mass is 16.6. The van der Waals surface area contributed by atoms with Crippen LogP contribution >= 0.6 is 0 Å². The smallest absolute Gasteiger partial charge is 0.410 e. The van der Waals surface area contributed by atoms with E-state index < -0.39 is 5.60 Å². The molecule has 7 heteroatoms. The van der Waals surface area contributed by atoms with Gasteiger partial charge in [0, 0.05) is 36.4 Å². The number of aromatic nitrogens is 2. The highest BCUT2D eigenvalue weighted by molar-refractivity contribution is 5.84. The maximum absolute atomic E-state index is 13.1. The highest BCUT2D eigenvalue weighted by Gasteiger charge is 2.34. The van der Waals surface area contributed by atoms with E-state index in [4.69, 9.17) is 9.47 Å². The van der Waals surface area contributed by atoms with E-state index in [0.717, 1.165) is 47.2 Å². The quantitative estimate of drug-likeness (QED) is 0.604. The van der Waals surface area contributed by atoms with Gasteiger partial charge in [-0.15, -0.1) is 0 Å². The number of H-pyrrole nitrogens is 1. The molecule has 0 aliphatic carbocycles. The van der Waals surface area contributed by atoms with Crippen LogP contribution in [0.2, 0.25) is 0 Å². The average molecular weight is 449 g/mol. The molecule has 3 aromatic rings. The van der Waals surface area contributed by atoms with Crippen LogP contribution < -0.4 is 5.32 Å². The van der Waals surface area contributed by atoms with E-state index >= 15 is 0 Å². The molecule has 2 aliphatic rings. The molecule has 2 N–H and O–H groups in total. The fraction of sp³-hybridized carbons (Fsp3) is 0.462. The van der Waals surface area contributed by atoms with Gasteiger partial charge in [0.1, 0.15) is 11.2 Å². The molecule has 2 aliphatic heterocycles.